The number of hydrogen-bond donors (Lipinski definition) is 1. The molecule has 1 aromatic rings. The van der Waals surface area contributed by atoms with E-state index in [1.807, 2.05) is 28.1 Å². The Labute approximate surface area is 113 Å². The minimum absolute atomic E-state index is 0.207. The second-order valence-corrected chi connectivity index (χ2v) is 5.52. The lowest BCUT2D eigenvalue weighted by Crippen LogP contribution is -2.39. The van der Waals surface area contributed by atoms with E-state index in [4.69, 9.17) is 0 Å². The van der Waals surface area contributed by atoms with Crippen molar-refractivity contribution in [2.75, 3.05) is 32.1 Å². The van der Waals surface area contributed by atoms with Gasteiger partial charge in [0, 0.05) is 26.2 Å². The summed E-state index contributed by atoms with van der Waals surface area (Å²) in [4.78, 5) is 15.5. The van der Waals surface area contributed by atoms with E-state index in [-0.39, 0.29) is 12.1 Å². The van der Waals surface area contributed by atoms with Gasteiger partial charge in [0.2, 0.25) is 0 Å². The molecule has 2 heterocycles. The first kappa shape index (κ1) is 14.0. The topological polar surface area (TPSA) is 61.6 Å². The number of β-amino-alcohol motifs (C(OH)–C–C–N with tert-alkyl or cyclic N) is 1. The molecule has 19 heavy (non-hydrogen) atoms. The van der Waals surface area contributed by atoms with Gasteiger partial charge in [-0.15, -0.1) is 0 Å². The second-order valence-electron chi connectivity index (χ2n) is 5.52. The van der Waals surface area contributed by atoms with Crippen LogP contribution in [-0.4, -0.2) is 65.4 Å². The first-order valence-electron chi connectivity index (χ1n) is 6.52. The Morgan fingerprint density at radius 2 is 2.21 bits per heavy atom. The highest BCUT2D eigenvalue weighted by Gasteiger charge is 2.34. The summed E-state index contributed by atoms with van der Waals surface area (Å²) in [6.45, 7) is 3.23. The summed E-state index contributed by atoms with van der Waals surface area (Å²) in [7, 11) is 5.86. The van der Waals surface area contributed by atoms with Crippen molar-refractivity contribution in [1.82, 2.24) is 14.7 Å². The standard InChI is InChI=1S/C13H22N4O2/c1-9-12(8-18)13(16(4)14-9)17-7-11(19)5-10(17)6-15(2)3/h8,10-11,19H,5-7H2,1-4H3. The van der Waals surface area contributed by atoms with Gasteiger partial charge in [-0.25, -0.2) is 0 Å². The molecule has 6 heteroatoms. The van der Waals surface area contributed by atoms with Crippen LogP contribution in [0.3, 0.4) is 0 Å². The zero-order valence-electron chi connectivity index (χ0n) is 12.0. The Kier molecular flexibility index (Phi) is 3.91. The van der Waals surface area contributed by atoms with E-state index in [9.17, 15) is 9.90 Å². The molecule has 0 bridgehead atoms. The monoisotopic (exact) mass is 266 g/mol. The van der Waals surface area contributed by atoms with Crippen LogP contribution in [0.5, 0.6) is 0 Å². The molecular weight excluding hydrogens is 244 g/mol. The van der Waals surface area contributed by atoms with E-state index in [0.29, 0.717) is 12.1 Å². The largest absolute Gasteiger partial charge is 0.391 e. The van der Waals surface area contributed by atoms with Crippen LogP contribution in [0.1, 0.15) is 22.5 Å². The SMILES string of the molecule is Cc1nn(C)c(N2CC(O)CC2CN(C)C)c1C=O. The number of aryl methyl sites for hydroxylation is 2. The van der Waals surface area contributed by atoms with Gasteiger partial charge in [-0.2, -0.15) is 5.10 Å². The maximum Gasteiger partial charge on any atom is 0.155 e. The maximum absolute atomic E-state index is 11.3. The third-order valence-corrected chi connectivity index (χ3v) is 3.60. The van der Waals surface area contributed by atoms with Gasteiger partial charge in [0.05, 0.1) is 17.4 Å². The Morgan fingerprint density at radius 3 is 2.79 bits per heavy atom. The molecule has 1 aliphatic rings. The summed E-state index contributed by atoms with van der Waals surface area (Å²) in [6.07, 6.45) is 1.23. The van der Waals surface area contributed by atoms with Gasteiger partial charge in [-0.1, -0.05) is 0 Å². The van der Waals surface area contributed by atoms with Crippen LogP contribution >= 0.6 is 0 Å². The number of nitrogens with zero attached hydrogens (tertiary/aromatic N) is 4. The highest BCUT2D eigenvalue weighted by Crippen LogP contribution is 2.29. The number of aliphatic hydroxyl groups excluding tert-OH is 1. The van der Waals surface area contributed by atoms with Gasteiger partial charge >= 0.3 is 0 Å². The van der Waals surface area contributed by atoms with Crippen LogP contribution in [0.25, 0.3) is 0 Å². The number of aromatic nitrogens is 2. The minimum atomic E-state index is -0.348. The molecular formula is C13H22N4O2. The van der Waals surface area contributed by atoms with E-state index in [1.54, 1.807) is 4.68 Å². The van der Waals surface area contributed by atoms with Crippen LogP contribution in [0.15, 0.2) is 0 Å². The van der Waals surface area contributed by atoms with Crippen LogP contribution in [0.4, 0.5) is 5.82 Å². The summed E-state index contributed by atoms with van der Waals surface area (Å²) in [5, 5.41) is 14.2. The Hall–Kier alpha value is -1.40. The van der Waals surface area contributed by atoms with Gasteiger partial charge in [0.1, 0.15) is 5.82 Å². The summed E-state index contributed by atoms with van der Waals surface area (Å²) in [5.74, 6) is 0.816. The Bertz CT molecular complexity index is 469. The lowest BCUT2D eigenvalue weighted by molar-refractivity contribution is 0.112. The number of anilines is 1. The van der Waals surface area contributed by atoms with Crippen molar-refractivity contribution in [3.8, 4) is 0 Å². The van der Waals surface area contributed by atoms with Crippen LogP contribution in [0, 0.1) is 6.92 Å². The summed E-state index contributed by atoms with van der Waals surface area (Å²) >= 11 is 0. The van der Waals surface area contributed by atoms with Crippen LogP contribution < -0.4 is 4.90 Å². The molecule has 0 saturated carbocycles. The highest BCUT2D eigenvalue weighted by atomic mass is 16.3. The fourth-order valence-corrected chi connectivity index (χ4v) is 2.89. The molecule has 6 nitrogen and oxygen atoms in total. The average Bonchev–Trinajstić information content (AvgIpc) is 2.77. The predicted octanol–water partition coefficient (Wildman–Crippen LogP) is 0.0422. The van der Waals surface area contributed by atoms with Crippen molar-refractivity contribution < 1.29 is 9.90 Å². The molecule has 1 aromatic heterocycles. The van der Waals surface area contributed by atoms with Gasteiger partial charge in [-0.3, -0.25) is 9.48 Å². The number of likely N-dealkylation sites (N-methyl/N-ethyl adjacent to an activating group) is 1. The van der Waals surface area contributed by atoms with Crippen molar-refractivity contribution in [3.05, 3.63) is 11.3 Å². The normalized spacial score (nSPS) is 23.4. The molecule has 1 saturated heterocycles. The number of carbonyl (C=O) groups excluding carboxylic acids is 1. The number of carbonyl (C=O) groups is 1. The van der Waals surface area contributed by atoms with Crippen molar-refractivity contribution >= 4 is 12.1 Å². The zero-order valence-corrected chi connectivity index (χ0v) is 12.0. The van der Waals surface area contributed by atoms with Crippen molar-refractivity contribution in [2.24, 2.45) is 7.05 Å². The highest BCUT2D eigenvalue weighted by molar-refractivity contribution is 5.85. The molecule has 106 valence electrons. The van der Waals surface area contributed by atoms with Crippen LogP contribution in [-0.2, 0) is 7.05 Å². The third-order valence-electron chi connectivity index (χ3n) is 3.60. The number of rotatable bonds is 4. The van der Waals surface area contributed by atoms with E-state index in [0.717, 1.165) is 30.8 Å². The lowest BCUT2D eigenvalue weighted by Gasteiger charge is -2.28. The van der Waals surface area contributed by atoms with Crippen molar-refractivity contribution in [2.45, 2.75) is 25.5 Å². The molecule has 0 amide bonds. The average molecular weight is 266 g/mol. The van der Waals surface area contributed by atoms with E-state index >= 15 is 0 Å². The molecule has 1 N–H and O–H groups in total. The number of aldehydes is 1. The van der Waals surface area contributed by atoms with Gasteiger partial charge in [0.15, 0.2) is 6.29 Å². The van der Waals surface area contributed by atoms with Gasteiger partial charge < -0.3 is 14.9 Å². The molecule has 0 radical (unpaired) electrons. The summed E-state index contributed by atoms with van der Waals surface area (Å²) < 4.78 is 1.74. The van der Waals surface area contributed by atoms with E-state index in [1.165, 1.54) is 0 Å². The Balaban J connectivity index is 2.36. The van der Waals surface area contributed by atoms with Gasteiger partial charge in [-0.05, 0) is 27.4 Å². The molecule has 1 aliphatic heterocycles. The third kappa shape index (κ3) is 2.64. The molecule has 0 aromatic carbocycles. The van der Waals surface area contributed by atoms with Crippen LogP contribution in [0.2, 0.25) is 0 Å². The quantitative estimate of drug-likeness (QED) is 0.780. The number of hydrogen-bond acceptors (Lipinski definition) is 5. The molecule has 2 unspecified atom stereocenters. The van der Waals surface area contributed by atoms with Gasteiger partial charge in [0.25, 0.3) is 0 Å². The van der Waals surface area contributed by atoms with E-state index < -0.39 is 0 Å². The molecule has 1 fully saturated rings. The molecule has 0 aliphatic carbocycles. The first-order chi connectivity index (χ1) is 8.93. The zero-order chi connectivity index (χ0) is 14.2. The Morgan fingerprint density at radius 1 is 1.53 bits per heavy atom. The maximum atomic E-state index is 11.3. The molecule has 2 rings (SSSR count). The van der Waals surface area contributed by atoms with Crippen molar-refractivity contribution in [1.29, 1.82) is 0 Å². The number of aliphatic hydroxyl groups is 1. The summed E-state index contributed by atoms with van der Waals surface area (Å²) in [5.41, 5.74) is 1.36. The fraction of sp³-hybridized carbons (Fsp3) is 0.692. The molecule has 0 spiro atoms. The van der Waals surface area contributed by atoms with Crippen molar-refractivity contribution in [3.63, 3.8) is 0 Å². The van der Waals surface area contributed by atoms with E-state index in [2.05, 4.69) is 14.9 Å². The lowest BCUT2D eigenvalue weighted by atomic mass is 10.2. The minimum Gasteiger partial charge on any atom is -0.391 e. The first-order valence-corrected chi connectivity index (χ1v) is 6.52. The smallest absolute Gasteiger partial charge is 0.155 e. The predicted molar refractivity (Wildman–Crippen MR) is 73.6 cm³/mol. The molecule has 2 atom stereocenters. The summed E-state index contributed by atoms with van der Waals surface area (Å²) in [6, 6.07) is 0.207. The second kappa shape index (κ2) is 5.30. The fourth-order valence-electron chi connectivity index (χ4n) is 2.89.